The fraction of sp³-hybridized carbons (Fsp3) is 0.136. The molecular weight excluding hydrogens is 452 g/mol. The van der Waals surface area contributed by atoms with Gasteiger partial charge in [0.25, 0.3) is 15.9 Å². The van der Waals surface area contributed by atoms with Crippen molar-refractivity contribution < 1.29 is 17.9 Å². The van der Waals surface area contributed by atoms with Gasteiger partial charge in [0.1, 0.15) is 24.5 Å². The normalized spacial score (nSPS) is 11.3. The Bertz CT molecular complexity index is 1350. The Morgan fingerprint density at radius 1 is 0.938 bits per heavy atom. The summed E-state index contributed by atoms with van der Waals surface area (Å²) in [6, 6.07) is 17.3. The zero-order chi connectivity index (χ0) is 22.6. The average Bonchev–Trinajstić information content (AvgIpc) is 2.79. The highest BCUT2D eigenvalue weighted by Crippen LogP contribution is 2.28. The van der Waals surface area contributed by atoms with Crippen LogP contribution in [0.25, 0.3) is 11.2 Å². The summed E-state index contributed by atoms with van der Waals surface area (Å²) in [5, 5.41) is 0.344. The van der Waals surface area contributed by atoms with Crippen molar-refractivity contribution in [3.8, 4) is 11.6 Å². The molecule has 0 aliphatic rings. The van der Waals surface area contributed by atoms with Gasteiger partial charge in [-0.1, -0.05) is 35.9 Å². The topological polar surface area (TPSA) is 103 Å². The number of para-hydroxylation sites is 1. The van der Waals surface area contributed by atoms with Crippen molar-refractivity contribution in [1.29, 1.82) is 0 Å². The molecule has 8 nitrogen and oxygen atoms in total. The molecular formula is C22H19ClN4O4S. The standard InChI is InChI=1S/C22H19ClN4O4S/c1-15-17(23)9-5-11-19(15)32(28,29)27-21-22(26-20-18(25-21)10-6-12-24-20)31-14-13-30-16-7-3-2-4-8-16/h2-12H,13-14H2,1H3,(H,25,27). The van der Waals surface area contributed by atoms with Gasteiger partial charge >= 0.3 is 0 Å². The molecule has 0 radical (unpaired) electrons. The van der Waals surface area contributed by atoms with Crippen molar-refractivity contribution in [1.82, 2.24) is 15.0 Å². The third-order valence-electron chi connectivity index (χ3n) is 4.48. The molecule has 0 bridgehead atoms. The summed E-state index contributed by atoms with van der Waals surface area (Å²) in [4.78, 5) is 12.9. The van der Waals surface area contributed by atoms with Gasteiger partial charge in [0, 0.05) is 11.2 Å². The van der Waals surface area contributed by atoms with Crippen LogP contribution in [-0.2, 0) is 10.0 Å². The first kappa shape index (κ1) is 21.8. The number of nitrogens with one attached hydrogen (secondary N) is 1. The Labute approximate surface area is 190 Å². The number of pyridine rings is 1. The molecule has 4 aromatic rings. The maximum atomic E-state index is 13.0. The fourth-order valence-corrected chi connectivity index (χ4v) is 4.42. The third-order valence-corrected chi connectivity index (χ3v) is 6.37. The zero-order valence-corrected chi connectivity index (χ0v) is 18.6. The van der Waals surface area contributed by atoms with Gasteiger partial charge in [-0.15, -0.1) is 0 Å². The van der Waals surface area contributed by atoms with E-state index in [1.165, 1.54) is 6.07 Å². The Balaban J connectivity index is 1.60. The summed E-state index contributed by atoms with van der Waals surface area (Å²) >= 11 is 6.10. The van der Waals surface area contributed by atoms with Gasteiger partial charge in [-0.25, -0.2) is 18.4 Å². The number of anilines is 1. The molecule has 0 saturated heterocycles. The Kier molecular flexibility index (Phi) is 6.38. The Morgan fingerprint density at radius 3 is 2.53 bits per heavy atom. The van der Waals surface area contributed by atoms with E-state index in [-0.39, 0.29) is 29.8 Å². The predicted molar refractivity (Wildman–Crippen MR) is 122 cm³/mol. The predicted octanol–water partition coefficient (Wildman–Crippen LogP) is 4.25. The van der Waals surface area contributed by atoms with Gasteiger partial charge in [-0.05, 0) is 48.9 Å². The van der Waals surface area contributed by atoms with Crippen LogP contribution < -0.4 is 14.2 Å². The molecule has 2 aromatic heterocycles. The number of aromatic nitrogens is 3. The molecule has 0 fully saturated rings. The van der Waals surface area contributed by atoms with Crippen LogP contribution in [0.4, 0.5) is 5.82 Å². The number of fused-ring (bicyclic) bond motifs is 1. The minimum absolute atomic E-state index is 0.00359. The summed E-state index contributed by atoms with van der Waals surface area (Å²) in [6.07, 6.45) is 1.57. The first-order valence-electron chi connectivity index (χ1n) is 9.65. The van der Waals surface area contributed by atoms with Crippen LogP contribution in [0.15, 0.2) is 71.8 Å². The average molecular weight is 471 g/mol. The molecule has 2 heterocycles. The highest BCUT2D eigenvalue weighted by molar-refractivity contribution is 7.92. The van der Waals surface area contributed by atoms with Crippen molar-refractivity contribution in [3.05, 3.63) is 77.4 Å². The number of nitrogens with zero attached hydrogens (tertiary/aromatic N) is 3. The van der Waals surface area contributed by atoms with Gasteiger partial charge in [0.05, 0.1) is 4.90 Å². The van der Waals surface area contributed by atoms with Gasteiger partial charge in [-0.3, -0.25) is 4.72 Å². The van der Waals surface area contributed by atoms with Crippen molar-refractivity contribution in [2.24, 2.45) is 0 Å². The second-order valence-electron chi connectivity index (χ2n) is 6.70. The maximum Gasteiger partial charge on any atom is 0.263 e. The molecule has 4 rings (SSSR count). The van der Waals surface area contributed by atoms with E-state index >= 15 is 0 Å². The molecule has 0 amide bonds. The number of hydrogen-bond donors (Lipinski definition) is 1. The molecule has 32 heavy (non-hydrogen) atoms. The number of rotatable bonds is 8. The largest absolute Gasteiger partial charge is 0.490 e. The lowest BCUT2D eigenvalue weighted by molar-refractivity contribution is 0.213. The van der Waals surface area contributed by atoms with E-state index in [4.69, 9.17) is 21.1 Å². The Morgan fingerprint density at radius 2 is 1.72 bits per heavy atom. The quantitative estimate of drug-likeness (QED) is 0.384. The summed E-state index contributed by atoms with van der Waals surface area (Å²) < 4.78 is 39.9. The highest BCUT2D eigenvalue weighted by atomic mass is 35.5. The number of halogens is 1. The van der Waals surface area contributed by atoms with Crippen LogP contribution in [-0.4, -0.2) is 36.6 Å². The van der Waals surface area contributed by atoms with Crippen molar-refractivity contribution in [3.63, 3.8) is 0 Å². The molecule has 2 aromatic carbocycles. The summed E-state index contributed by atoms with van der Waals surface area (Å²) in [5.41, 5.74) is 1.17. The van der Waals surface area contributed by atoms with Gasteiger partial charge in [0.15, 0.2) is 5.65 Å². The zero-order valence-electron chi connectivity index (χ0n) is 17.0. The monoisotopic (exact) mass is 470 g/mol. The minimum Gasteiger partial charge on any atom is -0.490 e. The molecule has 164 valence electrons. The van der Waals surface area contributed by atoms with Crippen LogP contribution in [0.1, 0.15) is 5.56 Å². The first-order valence-corrected chi connectivity index (χ1v) is 11.5. The van der Waals surface area contributed by atoms with Crippen LogP contribution in [0, 0.1) is 6.92 Å². The maximum absolute atomic E-state index is 13.0. The number of ether oxygens (including phenoxy) is 2. The summed E-state index contributed by atoms with van der Waals surface area (Å²) in [7, 11) is -4.00. The number of hydrogen-bond acceptors (Lipinski definition) is 7. The van der Waals surface area contributed by atoms with Crippen LogP contribution in [0.5, 0.6) is 11.6 Å². The van der Waals surface area contributed by atoms with Crippen molar-refractivity contribution in [2.75, 3.05) is 17.9 Å². The van der Waals surface area contributed by atoms with Crippen LogP contribution in [0.3, 0.4) is 0 Å². The SMILES string of the molecule is Cc1c(Cl)cccc1S(=O)(=O)Nc1nc2cccnc2nc1OCCOc1ccccc1. The van der Waals surface area contributed by atoms with Crippen LogP contribution >= 0.6 is 11.6 Å². The second kappa shape index (κ2) is 9.37. The molecule has 0 atom stereocenters. The molecule has 0 spiro atoms. The third kappa shape index (κ3) is 4.90. The molecule has 10 heteroatoms. The molecule has 0 unspecified atom stereocenters. The van der Waals surface area contributed by atoms with E-state index in [2.05, 4.69) is 19.7 Å². The molecule has 0 aliphatic carbocycles. The molecule has 0 saturated carbocycles. The summed E-state index contributed by atoms with van der Waals surface area (Å²) in [6.45, 7) is 1.98. The van der Waals surface area contributed by atoms with E-state index in [1.807, 2.05) is 30.3 Å². The smallest absolute Gasteiger partial charge is 0.263 e. The number of sulfonamides is 1. The Hall–Kier alpha value is -3.43. The van der Waals surface area contributed by atoms with E-state index in [0.29, 0.717) is 27.5 Å². The summed E-state index contributed by atoms with van der Waals surface area (Å²) in [5.74, 6) is 0.639. The van der Waals surface area contributed by atoms with Gasteiger partial charge < -0.3 is 9.47 Å². The van der Waals surface area contributed by atoms with Crippen molar-refractivity contribution in [2.45, 2.75) is 11.8 Å². The lowest BCUT2D eigenvalue weighted by Gasteiger charge is -2.14. The lowest BCUT2D eigenvalue weighted by atomic mass is 10.2. The van der Waals surface area contributed by atoms with E-state index in [0.717, 1.165) is 0 Å². The van der Waals surface area contributed by atoms with E-state index in [1.54, 1.807) is 37.4 Å². The number of benzene rings is 2. The van der Waals surface area contributed by atoms with Crippen molar-refractivity contribution >= 4 is 38.6 Å². The van der Waals surface area contributed by atoms with Gasteiger partial charge in [0.2, 0.25) is 5.82 Å². The molecule has 1 N–H and O–H groups in total. The van der Waals surface area contributed by atoms with E-state index < -0.39 is 10.0 Å². The van der Waals surface area contributed by atoms with Crippen LogP contribution in [0.2, 0.25) is 5.02 Å². The van der Waals surface area contributed by atoms with E-state index in [9.17, 15) is 8.42 Å². The second-order valence-corrected chi connectivity index (χ2v) is 8.76. The lowest BCUT2D eigenvalue weighted by Crippen LogP contribution is -2.18. The first-order chi connectivity index (χ1) is 15.4. The minimum atomic E-state index is -4.00. The fourth-order valence-electron chi connectivity index (χ4n) is 2.92. The molecule has 0 aliphatic heterocycles. The highest BCUT2D eigenvalue weighted by Gasteiger charge is 2.22. The van der Waals surface area contributed by atoms with Gasteiger partial charge in [-0.2, -0.15) is 4.98 Å².